The van der Waals surface area contributed by atoms with Crippen LogP contribution in [0.1, 0.15) is 52.1 Å². The molecule has 1 aromatic rings. The van der Waals surface area contributed by atoms with Gasteiger partial charge in [-0.25, -0.2) is 4.98 Å². The first-order valence-electron chi connectivity index (χ1n) is 5.58. The molecular formula is C13H21N3. The quantitative estimate of drug-likeness (QED) is 0.777. The molecule has 3 nitrogen and oxygen atoms in total. The average molecular weight is 219 g/mol. The third-order valence-electron chi connectivity index (χ3n) is 2.51. The number of imidazole rings is 1. The van der Waals surface area contributed by atoms with Crippen molar-refractivity contribution in [2.75, 3.05) is 5.73 Å². The molecule has 1 aromatic heterocycles. The fourth-order valence-electron chi connectivity index (χ4n) is 1.73. The summed E-state index contributed by atoms with van der Waals surface area (Å²) in [5, 5.41) is 0. The van der Waals surface area contributed by atoms with Crippen LogP contribution in [0, 0.1) is 12.3 Å². The van der Waals surface area contributed by atoms with Gasteiger partial charge in [-0.1, -0.05) is 40.5 Å². The van der Waals surface area contributed by atoms with E-state index in [-0.39, 0.29) is 5.41 Å². The molecule has 16 heavy (non-hydrogen) atoms. The van der Waals surface area contributed by atoms with E-state index in [2.05, 4.69) is 45.5 Å². The number of rotatable bonds is 2. The van der Waals surface area contributed by atoms with Crippen molar-refractivity contribution in [1.82, 2.24) is 9.55 Å². The Morgan fingerprint density at radius 2 is 2.00 bits per heavy atom. The van der Waals surface area contributed by atoms with E-state index >= 15 is 0 Å². The molecule has 0 fully saturated rings. The predicted molar refractivity (Wildman–Crippen MR) is 68.3 cm³/mol. The fourth-order valence-corrected chi connectivity index (χ4v) is 1.73. The number of hydrogen-bond donors (Lipinski definition) is 1. The van der Waals surface area contributed by atoms with Gasteiger partial charge in [0.15, 0.2) is 0 Å². The van der Waals surface area contributed by atoms with Crippen LogP contribution in [0.5, 0.6) is 0 Å². The average Bonchev–Trinajstić information content (AvgIpc) is 2.44. The van der Waals surface area contributed by atoms with Crippen LogP contribution >= 0.6 is 0 Å². The molecule has 0 saturated carbocycles. The molecule has 0 radical (unpaired) electrons. The number of nitrogen functional groups attached to an aromatic ring is 1. The highest BCUT2D eigenvalue weighted by Gasteiger charge is 2.25. The first kappa shape index (κ1) is 12.6. The molecule has 0 saturated heterocycles. The summed E-state index contributed by atoms with van der Waals surface area (Å²) < 4.78 is 1.94. The SMILES string of the molecule is C#CCn1c(C(C)C)nc(C(C)(C)C)c1N. The summed E-state index contributed by atoms with van der Waals surface area (Å²) in [7, 11) is 0. The Labute approximate surface area is 98.1 Å². The first-order valence-corrected chi connectivity index (χ1v) is 5.58. The van der Waals surface area contributed by atoms with Gasteiger partial charge in [-0.3, -0.25) is 0 Å². The fraction of sp³-hybridized carbons (Fsp3) is 0.615. The van der Waals surface area contributed by atoms with Crippen LogP contribution in [0.15, 0.2) is 0 Å². The third kappa shape index (κ3) is 2.21. The monoisotopic (exact) mass is 219 g/mol. The normalized spacial score (nSPS) is 11.8. The van der Waals surface area contributed by atoms with Gasteiger partial charge in [0, 0.05) is 11.3 Å². The number of nitrogens with zero attached hydrogens (tertiary/aromatic N) is 2. The van der Waals surface area contributed by atoms with Crippen molar-refractivity contribution < 1.29 is 0 Å². The van der Waals surface area contributed by atoms with Crippen LogP contribution < -0.4 is 5.73 Å². The number of anilines is 1. The molecule has 88 valence electrons. The molecule has 0 aliphatic carbocycles. The van der Waals surface area contributed by atoms with Crippen molar-refractivity contribution >= 4 is 5.82 Å². The van der Waals surface area contributed by atoms with E-state index in [0.29, 0.717) is 18.3 Å². The maximum Gasteiger partial charge on any atom is 0.128 e. The van der Waals surface area contributed by atoms with Crippen LogP contribution in [-0.4, -0.2) is 9.55 Å². The van der Waals surface area contributed by atoms with Crippen LogP contribution in [0.3, 0.4) is 0 Å². The summed E-state index contributed by atoms with van der Waals surface area (Å²) >= 11 is 0. The van der Waals surface area contributed by atoms with Crippen LogP contribution in [-0.2, 0) is 12.0 Å². The number of aromatic nitrogens is 2. The van der Waals surface area contributed by atoms with Gasteiger partial charge < -0.3 is 10.3 Å². The van der Waals surface area contributed by atoms with Crippen molar-refractivity contribution in [3.05, 3.63) is 11.5 Å². The highest BCUT2D eigenvalue weighted by Crippen LogP contribution is 2.30. The topological polar surface area (TPSA) is 43.8 Å². The van der Waals surface area contributed by atoms with Gasteiger partial charge >= 0.3 is 0 Å². The lowest BCUT2D eigenvalue weighted by Crippen LogP contribution is -2.15. The lowest BCUT2D eigenvalue weighted by Gasteiger charge is -2.16. The highest BCUT2D eigenvalue weighted by atomic mass is 15.1. The Morgan fingerprint density at radius 3 is 2.38 bits per heavy atom. The molecule has 1 rings (SSSR count). The van der Waals surface area contributed by atoms with E-state index in [1.807, 2.05) is 4.57 Å². The van der Waals surface area contributed by atoms with Crippen molar-refractivity contribution in [1.29, 1.82) is 0 Å². The molecule has 0 atom stereocenters. The van der Waals surface area contributed by atoms with Gasteiger partial charge in [0.05, 0.1) is 12.2 Å². The molecule has 0 amide bonds. The van der Waals surface area contributed by atoms with Crippen molar-refractivity contribution in [2.45, 2.75) is 52.5 Å². The molecular weight excluding hydrogens is 198 g/mol. The minimum absolute atomic E-state index is 0.0480. The first-order chi connectivity index (χ1) is 7.29. The molecule has 2 N–H and O–H groups in total. The van der Waals surface area contributed by atoms with Crippen molar-refractivity contribution in [2.24, 2.45) is 0 Å². The minimum Gasteiger partial charge on any atom is -0.383 e. The molecule has 0 aromatic carbocycles. The largest absolute Gasteiger partial charge is 0.383 e. The number of nitrogens with two attached hydrogens (primary N) is 1. The van der Waals surface area contributed by atoms with Crippen LogP contribution in [0.4, 0.5) is 5.82 Å². The second-order valence-corrected chi connectivity index (χ2v) is 5.40. The van der Waals surface area contributed by atoms with Gasteiger partial charge in [0.2, 0.25) is 0 Å². The Hall–Kier alpha value is -1.43. The second-order valence-electron chi connectivity index (χ2n) is 5.40. The van der Waals surface area contributed by atoms with E-state index in [9.17, 15) is 0 Å². The smallest absolute Gasteiger partial charge is 0.128 e. The maximum atomic E-state index is 6.12. The van der Waals surface area contributed by atoms with Crippen molar-refractivity contribution in [3.63, 3.8) is 0 Å². The summed E-state index contributed by atoms with van der Waals surface area (Å²) in [5.41, 5.74) is 7.01. The lowest BCUT2D eigenvalue weighted by atomic mass is 9.92. The standard InChI is InChI=1S/C13H21N3/c1-7-8-16-11(14)10(13(4,5)6)15-12(16)9(2)3/h1,9H,8,14H2,2-6H3. The molecule has 0 unspecified atom stereocenters. The van der Waals surface area contributed by atoms with Gasteiger partial charge in [-0.15, -0.1) is 6.42 Å². The zero-order valence-corrected chi connectivity index (χ0v) is 10.8. The van der Waals surface area contributed by atoms with Crippen LogP contribution in [0.2, 0.25) is 0 Å². The maximum absolute atomic E-state index is 6.12. The Balaban J connectivity index is 3.37. The molecule has 3 heteroatoms. The van der Waals surface area contributed by atoms with E-state index in [1.54, 1.807) is 0 Å². The van der Waals surface area contributed by atoms with E-state index in [0.717, 1.165) is 11.5 Å². The second kappa shape index (κ2) is 4.21. The summed E-state index contributed by atoms with van der Waals surface area (Å²) in [6.07, 6.45) is 5.36. The Morgan fingerprint density at radius 1 is 1.44 bits per heavy atom. The summed E-state index contributed by atoms with van der Waals surface area (Å²) in [6, 6.07) is 0. The third-order valence-corrected chi connectivity index (χ3v) is 2.51. The molecule has 1 heterocycles. The lowest BCUT2D eigenvalue weighted by molar-refractivity contribution is 0.571. The Kier molecular flexibility index (Phi) is 3.32. The van der Waals surface area contributed by atoms with Gasteiger partial charge in [0.25, 0.3) is 0 Å². The van der Waals surface area contributed by atoms with Crippen LogP contribution in [0.25, 0.3) is 0 Å². The van der Waals surface area contributed by atoms with E-state index in [4.69, 9.17) is 12.2 Å². The van der Waals surface area contributed by atoms with Crippen molar-refractivity contribution in [3.8, 4) is 12.3 Å². The minimum atomic E-state index is -0.0480. The summed E-state index contributed by atoms with van der Waals surface area (Å²) in [4.78, 5) is 4.64. The Bertz CT molecular complexity index is 414. The molecule has 0 aliphatic heterocycles. The number of hydrogen-bond acceptors (Lipinski definition) is 2. The predicted octanol–water partition coefficient (Wildman–Crippen LogP) is 2.52. The molecule has 0 spiro atoms. The van der Waals surface area contributed by atoms with E-state index < -0.39 is 0 Å². The summed E-state index contributed by atoms with van der Waals surface area (Å²) in [6.45, 7) is 11.0. The molecule has 0 bridgehead atoms. The van der Waals surface area contributed by atoms with Gasteiger partial charge in [-0.2, -0.15) is 0 Å². The number of terminal acetylenes is 1. The summed E-state index contributed by atoms with van der Waals surface area (Å²) in [5.74, 6) is 4.63. The molecule has 0 aliphatic rings. The highest BCUT2D eigenvalue weighted by molar-refractivity contribution is 5.43. The van der Waals surface area contributed by atoms with E-state index in [1.165, 1.54) is 0 Å². The van der Waals surface area contributed by atoms with Gasteiger partial charge in [0.1, 0.15) is 11.6 Å². The zero-order valence-electron chi connectivity index (χ0n) is 10.8. The van der Waals surface area contributed by atoms with Gasteiger partial charge in [-0.05, 0) is 0 Å². The zero-order chi connectivity index (χ0) is 12.5.